The molecule has 42 heavy (non-hydrogen) atoms. The number of anilines is 2. The number of primary amides is 1. The number of rotatable bonds is 4. The second-order valence-electron chi connectivity index (χ2n) is 11.1. The molecule has 8 N–H and O–H groups in total. The summed E-state index contributed by atoms with van der Waals surface area (Å²) in [4.78, 5) is 65.8. The maximum absolute atomic E-state index is 13.9. The van der Waals surface area contributed by atoms with Gasteiger partial charge in [0.15, 0.2) is 22.9 Å². The molecule has 3 aliphatic rings. The van der Waals surface area contributed by atoms with E-state index in [4.69, 9.17) is 5.73 Å². The zero-order valence-electron chi connectivity index (χ0n) is 22.7. The quantitative estimate of drug-likeness (QED) is 0.200. The number of carbonyl (C=O) groups is 5. The number of aliphatic hydroxyl groups is 3. The average molecular weight is 579 g/mol. The summed E-state index contributed by atoms with van der Waals surface area (Å²) in [5, 5.41) is 48.8. The second-order valence-corrected chi connectivity index (χ2v) is 11.1. The smallest absolute Gasteiger partial charge is 0.326 e. The van der Waals surface area contributed by atoms with Crippen molar-refractivity contribution in [3.05, 3.63) is 64.4 Å². The number of nitrogens with two attached hydrogens (primary N) is 1. The Morgan fingerprint density at radius 1 is 1.07 bits per heavy atom. The third-order valence-electron chi connectivity index (χ3n) is 8.36. The number of fused-ring (bicyclic) bond motifs is 3. The van der Waals surface area contributed by atoms with Gasteiger partial charge in [-0.15, -0.1) is 0 Å². The normalized spacial score (nSPS) is 26.5. The highest BCUT2D eigenvalue weighted by atomic mass is 16.3. The maximum Gasteiger partial charge on any atom is 0.326 e. The van der Waals surface area contributed by atoms with E-state index in [1.807, 2.05) is 0 Å². The van der Waals surface area contributed by atoms with Crippen molar-refractivity contribution in [1.29, 1.82) is 0 Å². The summed E-state index contributed by atoms with van der Waals surface area (Å²) in [6.07, 6.45) is -1.55. The van der Waals surface area contributed by atoms with Crippen molar-refractivity contribution in [3.63, 3.8) is 0 Å². The number of imide groups is 1. The molecule has 2 aromatic carbocycles. The SMILES string of the molecule is CN(C)c1cc(NC(=O)NC(=O)c2ccccc2)c(O)c2c1C[C@H]1C[C@H]3CC(O)C(C(N)=O)C(=O)[C@@]3(O)C(O)=C1C2=O. The van der Waals surface area contributed by atoms with Gasteiger partial charge >= 0.3 is 6.03 Å². The van der Waals surface area contributed by atoms with E-state index >= 15 is 0 Å². The van der Waals surface area contributed by atoms with Crippen LogP contribution in [0.3, 0.4) is 0 Å². The largest absolute Gasteiger partial charge is 0.508 e. The minimum absolute atomic E-state index is 0.0208. The van der Waals surface area contributed by atoms with Gasteiger partial charge in [0.1, 0.15) is 11.7 Å². The summed E-state index contributed by atoms with van der Waals surface area (Å²) in [6.45, 7) is 0. The first-order valence-electron chi connectivity index (χ1n) is 13.2. The summed E-state index contributed by atoms with van der Waals surface area (Å²) in [5.41, 5.74) is 2.95. The van der Waals surface area contributed by atoms with Crippen LogP contribution < -0.4 is 21.3 Å². The third kappa shape index (κ3) is 4.37. The first-order chi connectivity index (χ1) is 19.8. The Bertz CT molecular complexity index is 1570. The molecule has 1 fully saturated rings. The monoisotopic (exact) mass is 578 g/mol. The summed E-state index contributed by atoms with van der Waals surface area (Å²) in [6, 6.07) is 8.41. The lowest BCUT2D eigenvalue weighted by molar-refractivity contribution is -0.167. The lowest BCUT2D eigenvalue weighted by Crippen LogP contribution is -2.63. The highest BCUT2D eigenvalue weighted by Gasteiger charge is 2.62. The molecule has 13 nitrogen and oxygen atoms in total. The molecular formula is C29H30N4O9. The molecule has 4 amide bonds. The van der Waals surface area contributed by atoms with Gasteiger partial charge in [0, 0.05) is 36.8 Å². The Morgan fingerprint density at radius 3 is 2.36 bits per heavy atom. The summed E-state index contributed by atoms with van der Waals surface area (Å²) in [7, 11) is 3.37. The number of hydrogen-bond donors (Lipinski definition) is 7. The predicted molar refractivity (Wildman–Crippen MR) is 148 cm³/mol. The van der Waals surface area contributed by atoms with Crippen LogP contribution in [0.4, 0.5) is 16.2 Å². The fourth-order valence-corrected chi connectivity index (χ4v) is 6.39. The zero-order valence-corrected chi connectivity index (χ0v) is 22.7. The Morgan fingerprint density at radius 2 is 1.74 bits per heavy atom. The number of benzene rings is 2. The molecule has 5 rings (SSSR count). The molecule has 0 spiro atoms. The van der Waals surface area contributed by atoms with Crippen LogP contribution in [0.5, 0.6) is 5.75 Å². The van der Waals surface area contributed by atoms with Gasteiger partial charge in [-0.3, -0.25) is 24.5 Å². The van der Waals surface area contributed by atoms with Crippen molar-refractivity contribution in [1.82, 2.24) is 5.32 Å². The van der Waals surface area contributed by atoms with Gasteiger partial charge in [0.05, 0.1) is 17.4 Å². The number of urea groups is 1. The number of carbonyl (C=O) groups excluding carboxylic acids is 5. The first-order valence-corrected chi connectivity index (χ1v) is 13.2. The predicted octanol–water partition coefficient (Wildman–Crippen LogP) is 0.773. The highest BCUT2D eigenvalue weighted by molar-refractivity contribution is 6.17. The van der Waals surface area contributed by atoms with Crippen LogP contribution in [-0.2, 0) is 16.0 Å². The molecule has 2 aromatic rings. The van der Waals surface area contributed by atoms with Crippen molar-refractivity contribution in [2.24, 2.45) is 23.5 Å². The maximum atomic E-state index is 13.9. The Kier molecular flexibility index (Phi) is 7.03. The van der Waals surface area contributed by atoms with Gasteiger partial charge < -0.3 is 36.4 Å². The minimum Gasteiger partial charge on any atom is -0.508 e. The molecule has 13 heteroatoms. The molecule has 0 aliphatic heterocycles. The van der Waals surface area contributed by atoms with E-state index < -0.39 is 70.4 Å². The number of Topliss-reactive ketones (excluding diaryl/α,β-unsaturated/α-hetero) is 2. The average Bonchev–Trinajstić information content (AvgIpc) is 2.92. The fraction of sp³-hybridized carbons (Fsp3) is 0.345. The van der Waals surface area contributed by atoms with E-state index in [2.05, 4.69) is 10.6 Å². The van der Waals surface area contributed by atoms with Crippen LogP contribution >= 0.6 is 0 Å². The topological polar surface area (TPSA) is 220 Å². The number of nitrogens with zero attached hydrogens (tertiary/aromatic N) is 1. The van der Waals surface area contributed by atoms with Gasteiger partial charge in [-0.1, -0.05) is 18.2 Å². The van der Waals surface area contributed by atoms with Crippen LogP contribution in [-0.4, -0.2) is 75.6 Å². The van der Waals surface area contributed by atoms with Crippen molar-refractivity contribution >= 4 is 40.8 Å². The molecule has 0 heterocycles. The van der Waals surface area contributed by atoms with Gasteiger partial charge in [-0.05, 0) is 48.9 Å². The van der Waals surface area contributed by atoms with Crippen LogP contribution in [0.15, 0.2) is 47.7 Å². The number of nitrogens with one attached hydrogen (secondary N) is 2. The standard InChI is InChI=1S/C29H30N4O9/c1-33(2)17-11-16(31-28(41)32-27(40)12-6-4-3-5-7-12)22(35)20-15(17)9-13-8-14-10-18(34)21(26(30)39)25(38)29(14,42)24(37)19(13)23(20)36/h3-7,11,13-14,18,21,34-35,37,42H,8-10H2,1-2H3,(H2,30,39)(H2,31,32,40,41)/t13-,14+,18?,21?,29+/m1/s1. The Labute approximate surface area is 239 Å². The van der Waals surface area contributed by atoms with Crippen molar-refractivity contribution in [2.45, 2.75) is 31.0 Å². The lowest BCUT2D eigenvalue weighted by atomic mass is 9.58. The van der Waals surface area contributed by atoms with E-state index in [0.717, 1.165) is 0 Å². The molecule has 3 aliphatic carbocycles. The number of aromatic hydroxyl groups is 1. The molecule has 2 unspecified atom stereocenters. The summed E-state index contributed by atoms with van der Waals surface area (Å²) >= 11 is 0. The number of hydrogen-bond acceptors (Lipinski definition) is 10. The number of aliphatic hydroxyl groups excluding tert-OH is 2. The second kappa shape index (κ2) is 10.3. The number of phenolic OH excluding ortho intramolecular Hbond substituents is 1. The Balaban J connectivity index is 1.55. The third-order valence-corrected chi connectivity index (χ3v) is 8.36. The van der Waals surface area contributed by atoms with Gasteiger partial charge in [-0.25, -0.2) is 4.79 Å². The van der Waals surface area contributed by atoms with Crippen molar-refractivity contribution in [2.75, 3.05) is 24.3 Å². The van der Waals surface area contributed by atoms with E-state index in [0.29, 0.717) is 11.3 Å². The molecule has 0 saturated heterocycles. The molecule has 1 saturated carbocycles. The molecule has 0 aromatic heterocycles. The van der Waals surface area contributed by atoms with Crippen molar-refractivity contribution < 1.29 is 44.4 Å². The van der Waals surface area contributed by atoms with E-state index in [-0.39, 0.29) is 41.6 Å². The van der Waals surface area contributed by atoms with E-state index in [9.17, 15) is 44.4 Å². The lowest BCUT2D eigenvalue weighted by Gasteiger charge is -2.48. The van der Waals surface area contributed by atoms with Crippen molar-refractivity contribution in [3.8, 4) is 5.75 Å². The van der Waals surface area contributed by atoms with Crippen LogP contribution in [0, 0.1) is 17.8 Å². The molecule has 0 radical (unpaired) electrons. The highest BCUT2D eigenvalue weighted by Crippen LogP contribution is 2.53. The summed E-state index contributed by atoms with van der Waals surface area (Å²) in [5.74, 6) is -9.01. The van der Waals surface area contributed by atoms with Gasteiger partial charge in [-0.2, -0.15) is 0 Å². The number of phenols is 1. The van der Waals surface area contributed by atoms with E-state index in [1.165, 1.54) is 18.2 Å². The fourth-order valence-electron chi connectivity index (χ4n) is 6.39. The van der Waals surface area contributed by atoms with Crippen LogP contribution in [0.2, 0.25) is 0 Å². The Hall–Kier alpha value is -4.75. The van der Waals surface area contributed by atoms with Crippen LogP contribution in [0.25, 0.3) is 0 Å². The minimum atomic E-state index is -2.63. The molecular weight excluding hydrogens is 548 g/mol. The summed E-state index contributed by atoms with van der Waals surface area (Å²) < 4.78 is 0. The molecule has 5 atom stereocenters. The number of amides is 4. The molecule has 220 valence electrons. The van der Waals surface area contributed by atoms with E-state index in [1.54, 1.807) is 37.2 Å². The number of allylic oxidation sites excluding steroid dienone is 1. The van der Waals surface area contributed by atoms with Gasteiger partial charge in [0.25, 0.3) is 5.91 Å². The first kappa shape index (κ1) is 28.8. The molecule has 0 bridgehead atoms. The van der Waals surface area contributed by atoms with Crippen LogP contribution in [0.1, 0.15) is 39.1 Å². The number of ketones is 2. The van der Waals surface area contributed by atoms with Gasteiger partial charge in [0.2, 0.25) is 5.91 Å². The zero-order chi connectivity index (χ0) is 30.7.